The van der Waals surface area contributed by atoms with Crippen LogP contribution >= 0.6 is 0 Å². The SMILES string of the molecule is CCCC(=O)NCCCCCNC(=O)CCN(C)OCC(C)(C)CC. The Morgan fingerprint density at radius 3 is 2.04 bits per heavy atom. The largest absolute Gasteiger partial charge is 0.356 e. The van der Waals surface area contributed by atoms with Crippen LogP contribution in [0.1, 0.15) is 72.6 Å². The molecule has 0 aliphatic rings. The van der Waals surface area contributed by atoms with Crippen LogP contribution in [-0.4, -0.2) is 50.2 Å². The maximum atomic E-state index is 11.8. The van der Waals surface area contributed by atoms with Crippen LogP contribution in [0.2, 0.25) is 0 Å². The average molecular weight is 358 g/mol. The fourth-order valence-electron chi connectivity index (χ4n) is 2.00. The predicted molar refractivity (Wildman–Crippen MR) is 102 cm³/mol. The Balaban J connectivity index is 3.54. The molecule has 0 atom stereocenters. The topological polar surface area (TPSA) is 70.7 Å². The van der Waals surface area contributed by atoms with Gasteiger partial charge in [0.05, 0.1) is 6.61 Å². The zero-order valence-electron chi connectivity index (χ0n) is 17.0. The van der Waals surface area contributed by atoms with Crippen LogP contribution in [0.4, 0.5) is 0 Å². The summed E-state index contributed by atoms with van der Waals surface area (Å²) in [6.07, 6.45) is 5.88. The second-order valence-electron chi connectivity index (χ2n) is 7.40. The highest BCUT2D eigenvalue weighted by Gasteiger charge is 2.16. The van der Waals surface area contributed by atoms with Gasteiger partial charge in [-0.15, -0.1) is 0 Å². The molecule has 6 nitrogen and oxygen atoms in total. The van der Waals surface area contributed by atoms with E-state index < -0.39 is 0 Å². The van der Waals surface area contributed by atoms with Gasteiger partial charge in [0.15, 0.2) is 0 Å². The van der Waals surface area contributed by atoms with Crippen molar-refractivity contribution in [3.63, 3.8) is 0 Å². The molecule has 0 spiro atoms. The number of hydrogen-bond acceptors (Lipinski definition) is 4. The minimum Gasteiger partial charge on any atom is -0.356 e. The van der Waals surface area contributed by atoms with Crippen molar-refractivity contribution < 1.29 is 14.4 Å². The monoisotopic (exact) mass is 357 g/mol. The Morgan fingerprint density at radius 2 is 1.52 bits per heavy atom. The van der Waals surface area contributed by atoms with Gasteiger partial charge in [0.1, 0.15) is 0 Å². The molecule has 0 aliphatic carbocycles. The van der Waals surface area contributed by atoms with E-state index in [2.05, 4.69) is 31.4 Å². The van der Waals surface area contributed by atoms with E-state index in [0.29, 0.717) is 32.5 Å². The number of nitrogens with one attached hydrogen (secondary N) is 2. The lowest BCUT2D eigenvalue weighted by Crippen LogP contribution is -2.32. The third-order valence-electron chi connectivity index (χ3n) is 4.26. The molecule has 0 saturated carbocycles. The highest BCUT2D eigenvalue weighted by molar-refractivity contribution is 5.76. The third kappa shape index (κ3) is 14.9. The molecule has 25 heavy (non-hydrogen) atoms. The first kappa shape index (κ1) is 23.9. The van der Waals surface area contributed by atoms with Crippen molar-refractivity contribution >= 4 is 11.8 Å². The Morgan fingerprint density at radius 1 is 0.960 bits per heavy atom. The minimum atomic E-state index is 0.0569. The first-order valence-corrected chi connectivity index (χ1v) is 9.68. The van der Waals surface area contributed by atoms with Gasteiger partial charge in [-0.3, -0.25) is 14.4 Å². The van der Waals surface area contributed by atoms with Crippen molar-refractivity contribution in [3.8, 4) is 0 Å². The summed E-state index contributed by atoms with van der Waals surface area (Å²) in [5.74, 6) is 0.186. The molecule has 0 aromatic rings. The number of hydroxylamine groups is 2. The molecule has 0 saturated heterocycles. The Hall–Kier alpha value is -1.14. The van der Waals surface area contributed by atoms with Gasteiger partial charge in [0.25, 0.3) is 0 Å². The lowest BCUT2D eigenvalue weighted by Gasteiger charge is -2.25. The molecule has 6 heteroatoms. The Bertz CT molecular complexity index is 373. The van der Waals surface area contributed by atoms with Crippen molar-refractivity contribution in [2.24, 2.45) is 5.41 Å². The number of carbonyl (C=O) groups excluding carboxylic acids is 2. The van der Waals surface area contributed by atoms with E-state index in [1.54, 1.807) is 5.06 Å². The van der Waals surface area contributed by atoms with E-state index in [4.69, 9.17) is 4.84 Å². The van der Waals surface area contributed by atoms with Crippen LogP contribution < -0.4 is 10.6 Å². The van der Waals surface area contributed by atoms with Crippen LogP contribution in [0.25, 0.3) is 0 Å². The molecule has 0 aromatic carbocycles. The maximum absolute atomic E-state index is 11.8. The third-order valence-corrected chi connectivity index (χ3v) is 4.26. The molecule has 2 amide bonds. The van der Waals surface area contributed by atoms with Crippen LogP contribution in [0.5, 0.6) is 0 Å². The Labute approximate surface area is 154 Å². The van der Waals surface area contributed by atoms with Crippen LogP contribution in [0.15, 0.2) is 0 Å². The number of hydrogen-bond donors (Lipinski definition) is 2. The first-order chi connectivity index (χ1) is 11.8. The number of amides is 2. The first-order valence-electron chi connectivity index (χ1n) is 9.68. The molecular weight excluding hydrogens is 318 g/mol. The van der Waals surface area contributed by atoms with Crippen molar-refractivity contribution in [2.45, 2.75) is 72.6 Å². The predicted octanol–water partition coefficient (Wildman–Crippen LogP) is 2.88. The fourth-order valence-corrected chi connectivity index (χ4v) is 2.00. The van der Waals surface area contributed by atoms with Crippen LogP contribution in [0.3, 0.4) is 0 Å². The van der Waals surface area contributed by atoms with E-state index in [1.807, 2.05) is 14.0 Å². The van der Waals surface area contributed by atoms with Crippen LogP contribution in [0, 0.1) is 5.41 Å². The van der Waals surface area contributed by atoms with Crippen molar-refractivity contribution in [2.75, 3.05) is 33.3 Å². The number of nitrogens with zero attached hydrogens (tertiary/aromatic N) is 1. The van der Waals surface area contributed by atoms with E-state index in [0.717, 1.165) is 38.6 Å². The van der Waals surface area contributed by atoms with Crippen molar-refractivity contribution in [1.82, 2.24) is 15.7 Å². The van der Waals surface area contributed by atoms with Gasteiger partial charge in [-0.1, -0.05) is 27.7 Å². The van der Waals surface area contributed by atoms with Gasteiger partial charge < -0.3 is 10.6 Å². The van der Waals surface area contributed by atoms with Gasteiger partial charge in [0, 0.05) is 39.5 Å². The summed E-state index contributed by atoms with van der Waals surface area (Å²) in [7, 11) is 1.87. The highest BCUT2D eigenvalue weighted by Crippen LogP contribution is 2.19. The summed E-state index contributed by atoms with van der Waals surface area (Å²) >= 11 is 0. The lowest BCUT2D eigenvalue weighted by atomic mass is 9.92. The number of unbranched alkanes of at least 4 members (excludes halogenated alkanes) is 2. The molecule has 0 aliphatic heterocycles. The molecule has 148 valence electrons. The number of rotatable bonds is 15. The quantitative estimate of drug-likeness (QED) is 0.349. The maximum Gasteiger partial charge on any atom is 0.221 e. The summed E-state index contributed by atoms with van der Waals surface area (Å²) in [4.78, 5) is 28.8. The van der Waals surface area contributed by atoms with E-state index >= 15 is 0 Å². The zero-order valence-corrected chi connectivity index (χ0v) is 17.0. The highest BCUT2D eigenvalue weighted by atomic mass is 16.7. The van der Waals surface area contributed by atoms with E-state index in [9.17, 15) is 9.59 Å². The number of carbonyl (C=O) groups is 2. The van der Waals surface area contributed by atoms with E-state index in [1.165, 1.54) is 0 Å². The molecular formula is C19H39N3O3. The molecule has 0 unspecified atom stereocenters. The van der Waals surface area contributed by atoms with Gasteiger partial charge in [-0.25, -0.2) is 0 Å². The molecule has 0 fully saturated rings. The van der Waals surface area contributed by atoms with Crippen molar-refractivity contribution in [3.05, 3.63) is 0 Å². The van der Waals surface area contributed by atoms with Crippen molar-refractivity contribution in [1.29, 1.82) is 0 Å². The van der Waals surface area contributed by atoms with Gasteiger partial charge >= 0.3 is 0 Å². The molecule has 0 heterocycles. The summed E-state index contributed by atoms with van der Waals surface area (Å²) in [5, 5.41) is 7.58. The van der Waals surface area contributed by atoms with Crippen LogP contribution in [-0.2, 0) is 14.4 Å². The van der Waals surface area contributed by atoms with Gasteiger partial charge in [0.2, 0.25) is 11.8 Å². The summed E-state index contributed by atoms with van der Waals surface area (Å²) < 4.78 is 0. The molecule has 2 N–H and O–H groups in total. The van der Waals surface area contributed by atoms with Gasteiger partial charge in [-0.05, 0) is 37.5 Å². The summed E-state index contributed by atoms with van der Waals surface area (Å²) in [6.45, 7) is 11.2. The zero-order chi connectivity index (χ0) is 19.1. The summed E-state index contributed by atoms with van der Waals surface area (Å²) in [5.41, 5.74) is 0.159. The lowest BCUT2D eigenvalue weighted by molar-refractivity contribution is -0.165. The molecule has 0 aromatic heterocycles. The van der Waals surface area contributed by atoms with E-state index in [-0.39, 0.29) is 17.2 Å². The molecule has 0 radical (unpaired) electrons. The molecule has 0 bridgehead atoms. The fraction of sp³-hybridized carbons (Fsp3) is 0.895. The second kappa shape index (κ2) is 14.1. The smallest absolute Gasteiger partial charge is 0.221 e. The standard InChI is InChI=1S/C19H39N3O3/c1-6-11-17(23)20-13-9-8-10-14-21-18(24)12-15-22(5)25-16-19(3,4)7-2/h6-16H2,1-5H3,(H,20,23)(H,21,24). The molecule has 0 rings (SSSR count). The Kier molecular flexibility index (Phi) is 13.4. The normalized spacial score (nSPS) is 11.6. The average Bonchev–Trinajstić information content (AvgIpc) is 2.57. The summed E-state index contributed by atoms with van der Waals surface area (Å²) in [6, 6.07) is 0. The van der Waals surface area contributed by atoms with Gasteiger partial charge in [-0.2, -0.15) is 5.06 Å². The second-order valence-corrected chi connectivity index (χ2v) is 7.40. The minimum absolute atomic E-state index is 0.0569.